The van der Waals surface area contributed by atoms with Crippen LogP contribution in [0.15, 0.2) is 73.0 Å². The van der Waals surface area contributed by atoms with Crippen molar-refractivity contribution < 1.29 is 19.1 Å². The molecule has 0 fully saturated rings. The largest absolute Gasteiger partial charge is 0.463 e. The molecule has 0 atom stereocenters. The second kappa shape index (κ2) is 9.30. The van der Waals surface area contributed by atoms with Crippen LogP contribution in [0.4, 0.5) is 0 Å². The van der Waals surface area contributed by atoms with Crippen molar-refractivity contribution in [2.24, 2.45) is 0 Å². The number of methoxy groups -OCH3 is 1. The Hall–Kier alpha value is -3.05. The van der Waals surface area contributed by atoms with Crippen molar-refractivity contribution in [2.75, 3.05) is 7.11 Å². The number of ether oxygens (including phenoxy) is 2. The summed E-state index contributed by atoms with van der Waals surface area (Å²) in [5.41, 5.74) is 5.24. The Bertz CT molecular complexity index is 753. The zero-order chi connectivity index (χ0) is 18.1. The smallest absolute Gasteiger partial charge is 0.373 e. The summed E-state index contributed by atoms with van der Waals surface area (Å²) in [5.74, 6) is 0.0941. The first-order chi connectivity index (χ1) is 12.1. The zero-order valence-corrected chi connectivity index (χ0v) is 14.3. The number of benzene rings is 2. The number of nitrogens with one attached hydrogen (secondary N) is 1. The van der Waals surface area contributed by atoms with E-state index >= 15 is 0 Å². The lowest BCUT2D eigenvalue weighted by Gasteiger charge is -2.12. The lowest BCUT2D eigenvalue weighted by atomic mass is 10.2. The molecule has 0 amide bonds. The molecule has 130 valence electrons. The topological polar surface area (TPSA) is 56.8 Å². The van der Waals surface area contributed by atoms with Crippen molar-refractivity contribution >= 4 is 11.7 Å². The summed E-state index contributed by atoms with van der Waals surface area (Å²) in [4.78, 5) is 17.0. The highest BCUT2D eigenvalue weighted by Gasteiger charge is 2.11. The van der Waals surface area contributed by atoms with Crippen LogP contribution in [-0.2, 0) is 21.0 Å². The summed E-state index contributed by atoms with van der Waals surface area (Å²) >= 11 is 0. The van der Waals surface area contributed by atoms with Gasteiger partial charge in [-0.25, -0.2) is 4.79 Å². The Balaban J connectivity index is 1.95. The van der Waals surface area contributed by atoms with Gasteiger partial charge in [0.1, 0.15) is 5.75 Å². The monoisotopic (exact) mass is 339 g/mol. The van der Waals surface area contributed by atoms with Crippen molar-refractivity contribution in [2.45, 2.75) is 13.5 Å². The number of hydrogen-bond donors (Lipinski definition) is 1. The van der Waals surface area contributed by atoms with E-state index in [0.717, 1.165) is 11.1 Å². The van der Waals surface area contributed by atoms with Crippen LogP contribution < -0.4 is 10.2 Å². The van der Waals surface area contributed by atoms with Crippen LogP contribution in [0.3, 0.4) is 0 Å². The molecule has 1 N–H and O–H groups in total. The Kier molecular flexibility index (Phi) is 6.80. The molecule has 0 radical (unpaired) electrons. The van der Waals surface area contributed by atoms with Gasteiger partial charge in [-0.05, 0) is 30.7 Å². The Morgan fingerprint density at radius 3 is 2.60 bits per heavy atom. The van der Waals surface area contributed by atoms with Gasteiger partial charge in [-0.3, -0.25) is 10.3 Å². The number of rotatable bonds is 8. The molecule has 0 saturated carbocycles. The highest BCUT2D eigenvalue weighted by atomic mass is 16.6. The predicted octanol–water partition coefficient (Wildman–Crippen LogP) is 3.83. The van der Waals surface area contributed by atoms with Crippen molar-refractivity contribution in [3.63, 3.8) is 0 Å². The first-order valence-electron chi connectivity index (χ1n) is 7.77. The van der Waals surface area contributed by atoms with Crippen LogP contribution in [0.5, 0.6) is 5.75 Å². The average molecular weight is 339 g/mol. The van der Waals surface area contributed by atoms with Gasteiger partial charge >= 0.3 is 5.97 Å². The van der Waals surface area contributed by atoms with Crippen LogP contribution in [-0.4, -0.2) is 13.1 Å². The third kappa shape index (κ3) is 5.51. The number of allylic oxidation sites excluding steroid dienone is 1. The molecule has 0 aliphatic heterocycles. The third-order valence-corrected chi connectivity index (χ3v) is 3.34. The fraction of sp³-hybridized carbons (Fsp3) is 0.150. The van der Waals surface area contributed by atoms with E-state index in [1.54, 1.807) is 31.2 Å². The van der Waals surface area contributed by atoms with Gasteiger partial charge in [0.15, 0.2) is 0 Å². The van der Waals surface area contributed by atoms with Gasteiger partial charge in [-0.2, -0.15) is 0 Å². The van der Waals surface area contributed by atoms with E-state index in [4.69, 9.17) is 9.57 Å². The predicted molar refractivity (Wildman–Crippen MR) is 96.2 cm³/mol. The standard InChI is InChI=1S/C20H21NO4/c1-4-19(20(22)23-3)25-18-12-8-11-17(13-18)15(2)21-24-14-16-9-6-5-7-10-16/h4-13,21H,2,14H2,1,3H3. The Morgan fingerprint density at radius 1 is 1.16 bits per heavy atom. The van der Waals surface area contributed by atoms with E-state index in [1.165, 1.54) is 7.11 Å². The lowest BCUT2D eigenvalue weighted by molar-refractivity contribution is -0.138. The average Bonchev–Trinajstić information content (AvgIpc) is 2.66. The molecule has 0 spiro atoms. The molecule has 0 bridgehead atoms. The van der Waals surface area contributed by atoms with Crippen LogP contribution in [0.2, 0.25) is 0 Å². The van der Waals surface area contributed by atoms with Crippen molar-refractivity contribution in [1.82, 2.24) is 5.48 Å². The van der Waals surface area contributed by atoms with Gasteiger partial charge in [0.25, 0.3) is 0 Å². The molecule has 0 aliphatic carbocycles. The maximum absolute atomic E-state index is 11.6. The van der Waals surface area contributed by atoms with E-state index in [2.05, 4.69) is 16.8 Å². The van der Waals surface area contributed by atoms with Gasteiger partial charge < -0.3 is 9.47 Å². The number of carbonyl (C=O) groups is 1. The first kappa shape index (κ1) is 18.3. The fourth-order valence-corrected chi connectivity index (χ4v) is 2.03. The molecular formula is C20H21NO4. The van der Waals surface area contributed by atoms with Gasteiger partial charge in [0.05, 0.1) is 19.4 Å². The Morgan fingerprint density at radius 2 is 1.92 bits per heavy atom. The molecule has 2 aromatic rings. The minimum atomic E-state index is -0.531. The van der Waals surface area contributed by atoms with E-state index in [1.807, 2.05) is 36.4 Å². The molecule has 2 aromatic carbocycles. The highest BCUT2D eigenvalue weighted by molar-refractivity contribution is 5.86. The molecule has 0 saturated heterocycles. The Labute approximate surface area is 147 Å². The summed E-state index contributed by atoms with van der Waals surface area (Å²) in [6, 6.07) is 17.0. The second-order valence-corrected chi connectivity index (χ2v) is 5.13. The molecular weight excluding hydrogens is 318 g/mol. The number of hydrogen-bond acceptors (Lipinski definition) is 5. The van der Waals surface area contributed by atoms with Crippen LogP contribution >= 0.6 is 0 Å². The van der Waals surface area contributed by atoms with Gasteiger partial charge in [0, 0.05) is 5.56 Å². The summed E-state index contributed by atoms with van der Waals surface area (Å²) in [5, 5.41) is 0. The molecule has 5 nitrogen and oxygen atoms in total. The molecule has 0 heterocycles. The molecule has 2 rings (SSSR count). The maximum Gasteiger partial charge on any atom is 0.373 e. The zero-order valence-electron chi connectivity index (χ0n) is 14.3. The second-order valence-electron chi connectivity index (χ2n) is 5.13. The van der Waals surface area contributed by atoms with E-state index in [-0.39, 0.29) is 5.76 Å². The number of carbonyl (C=O) groups excluding carboxylic acids is 1. The van der Waals surface area contributed by atoms with Crippen LogP contribution in [0, 0.1) is 0 Å². The minimum absolute atomic E-state index is 0.124. The number of hydroxylamine groups is 1. The van der Waals surface area contributed by atoms with Gasteiger partial charge in [-0.15, -0.1) is 0 Å². The lowest BCUT2D eigenvalue weighted by Crippen LogP contribution is -2.13. The van der Waals surface area contributed by atoms with E-state index < -0.39 is 5.97 Å². The third-order valence-electron chi connectivity index (χ3n) is 3.34. The normalized spacial score (nSPS) is 10.9. The van der Waals surface area contributed by atoms with Gasteiger partial charge in [0.2, 0.25) is 5.76 Å². The summed E-state index contributed by atoms with van der Waals surface area (Å²) in [6.07, 6.45) is 1.55. The molecule has 0 aromatic heterocycles. The number of esters is 1. The van der Waals surface area contributed by atoms with E-state index in [0.29, 0.717) is 18.1 Å². The quantitative estimate of drug-likeness (QED) is 0.343. The molecule has 25 heavy (non-hydrogen) atoms. The van der Waals surface area contributed by atoms with Crippen molar-refractivity contribution in [3.05, 3.63) is 84.1 Å². The fourth-order valence-electron chi connectivity index (χ4n) is 2.03. The summed E-state index contributed by atoms with van der Waals surface area (Å²) < 4.78 is 10.2. The molecule has 5 heteroatoms. The minimum Gasteiger partial charge on any atom is -0.463 e. The van der Waals surface area contributed by atoms with Crippen molar-refractivity contribution in [3.8, 4) is 5.75 Å². The van der Waals surface area contributed by atoms with Crippen LogP contribution in [0.25, 0.3) is 5.70 Å². The summed E-state index contributed by atoms with van der Waals surface area (Å²) in [7, 11) is 1.31. The maximum atomic E-state index is 11.6. The molecule has 0 unspecified atom stereocenters. The molecule has 0 aliphatic rings. The SMILES string of the molecule is C=C(NOCc1ccccc1)c1cccc(OC(=CC)C(=O)OC)c1. The highest BCUT2D eigenvalue weighted by Crippen LogP contribution is 2.20. The van der Waals surface area contributed by atoms with Crippen molar-refractivity contribution in [1.29, 1.82) is 0 Å². The van der Waals surface area contributed by atoms with Gasteiger partial charge in [-0.1, -0.05) is 49.0 Å². The van der Waals surface area contributed by atoms with E-state index in [9.17, 15) is 4.79 Å². The summed E-state index contributed by atoms with van der Waals surface area (Å²) in [6.45, 7) is 6.07. The van der Waals surface area contributed by atoms with Crippen LogP contribution in [0.1, 0.15) is 18.1 Å². The first-order valence-corrected chi connectivity index (χ1v) is 7.77.